The predicted molar refractivity (Wildman–Crippen MR) is 141 cm³/mol. The molecule has 0 fully saturated rings. The van der Waals surface area contributed by atoms with Gasteiger partial charge in [-0.15, -0.1) is 0 Å². The van der Waals surface area contributed by atoms with Crippen molar-refractivity contribution in [1.82, 2.24) is 4.57 Å². The van der Waals surface area contributed by atoms with Gasteiger partial charge in [-0.1, -0.05) is 23.5 Å². The predicted octanol–water partition coefficient (Wildman–Crippen LogP) is 3.59. The molecule has 0 amide bonds. The maximum absolute atomic E-state index is 13.8. The molecule has 1 aromatic heterocycles. The van der Waals surface area contributed by atoms with Gasteiger partial charge in [-0.05, 0) is 59.6 Å². The smallest absolute Gasteiger partial charge is 0.338 e. The molecule has 0 saturated heterocycles. The molecule has 0 bridgehead atoms. The molecular formula is C26H25BrN2O6S. The van der Waals surface area contributed by atoms with Crippen LogP contribution in [0, 0.1) is 0 Å². The van der Waals surface area contributed by atoms with E-state index in [1.165, 1.54) is 15.9 Å². The van der Waals surface area contributed by atoms with Crippen LogP contribution in [-0.4, -0.2) is 38.5 Å². The summed E-state index contributed by atoms with van der Waals surface area (Å²) in [6.45, 7) is 3.70. The van der Waals surface area contributed by atoms with Crippen molar-refractivity contribution < 1.29 is 23.7 Å². The molecule has 0 aliphatic carbocycles. The number of carbonyl (C=O) groups is 1. The average molecular weight is 573 g/mol. The van der Waals surface area contributed by atoms with Gasteiger partial charge in [-0.3, -0.25) is 9.36 Å². The Labute approximate surface area is 220 Å². The third-order valence-electron chi connectivity index (χ3n) is 5.72. The van der Waals surface area contributed by atoms with Gasteiger partial charge < -0.3 is 18.9 Å². The number of nitrogens with zero attached hydrogens (tertiary/aromatic N) is 2. The first-order valence-corrected chi connectivity index (χ1v) is 12.7. The summed E-state index contributed by atoms with van der Waals surface area (Å²) >= 11 is 4.73. The van der Waals surface area contributed by atoms with Crippen molar-refractivity contribution in [3.8, 4) is 17.2 Å². The summed E-state index contributed by atoms with van der Waals surface area (Å²) < 4.78 is 24.3. The van der Waals surface area contributed by atoms with Crippen LogP contribution in [0.2, 0.25) is 0 Å². The number of fused-ring (bicyclic) bond motifs is 1. The van der Waals surface area contributed by atoms with Gasteiger partial charge in [-0.25, -0.2) is 9.79 Å². The van der Waals surface area contributed by atoms with Gasteiger partial charge >= 0.3 is 5.97 Å². The van der Waals surface area contributed by atoms with Crippen LogP contribution < -0.4 is 29.1 Å². The minimum atomic E-state index is -0.720. The molecule has 1 aliphatic heterocycles. The van der Waals surface area contributed by atoms with E-state index in [0.29, 0.717) is 49.0 Å². The minimum absolute atomic E-state index is 0.205. The fourth-order valence-corrected chi connectivity index (χ4v) is 5.62. The molecule has 188 valence electrons. The Balaban J connectivity index is 1.97. The number of hydrogen-bond donors (Lipinski definition) is 0. The number of halogens is 1. The molecule has 1 atom stereocenters. The fraction of sp³-hybridized carbons (Fsp3) is 0.269. The fourth-order valence-electron chi connectivity index (χ4n) is 4.06. The molecule has 4 rings (SSSR count). The SMILES string of the molecule is CCOC(=O)C1=C(C)N=c2s/c(=C\c3cc(Br)c(OC)cc3OC)c(=O)n2C1c1cccc(OC)c1. The molecule has 0 N–H and O–H groups in total. The van der Waals surface area contributed by atoms with Gasteiger partial charge in [0.15, 0.2) is 4.80 Å². The first-order chi connectivity index (χ1) is 17.3. The third-order valence-corrected chi connectivity index (χ3v) is 7.32. The van der Waals surface area contributed by atoms with E-state index in [2.05, 4.69) is 20.9 Å². The van der Waals surface area contributed by atoms with Gasteiger partial charge in [0.05, 0.1) is 54.3 Å². The number of ether oxygens (including phenoxy) is 4. The zero-order valence-electron chi connectivity index (χ0n) is 20.5. The van der Waals surface area contributed by atoms with Crippen molar-refractivity contribution in [2.45, 2.75) is 19.9 Å². The van der Waals surface area contributed by atoms with Crippen molar-refractivity contribution in [2.24, 2.45) is 4.99 Å². The van der Waals surface area contributed by atoms with E-state index < -0.39 is 12.0 Å². The van der Waals surface area contributed by atoms with Crippen molar-refractivity contribution in [3.63, 3.8) is 0 Å². The number of allylic oxidation sites excluding steroid dienone is 1. The van der Waals surface area contributed by atoms with Gasteiger partial charge in [0.1, 0.15) is 17.2 Å². The first kappa shape index (κ1) is 25.7. The number of carbonyl (C=O) groups excluding carboxylic acids is 1. The lowest BCUT2D eigenvalue weighted by Gasteiger charge is -2.25. The Hall–Kier alpha value is -3.37. The van der Waals surface area contributed by atoms with E-state index >= 15 is 0 Å². The quantitative estimate of drug-likeness (QED) is 0.402. The van der Waals surface area contributed by atoms with Crippen LogP contribution in [0.5, 0.6) is 17.2 Å². The van der Waals surface area contributed by atoms with Gasteiger partial charge in [-0.2, -0.15) is 0 Å². The summed E-state index contributed by atoms with van der Waals surface area (Å²) in [4.78, 5) is 31.9. The second kappa shape index (κ2) is 10.7. The van der Waals surface area contributed by atoms with Crippen molar-refractivity contribution >= 4 is 39.3 Å². The Bertz CT molecular complexity index is 1540. The molecule has 10 heteroatoms. The number of benzene rings is 2. The maximum Gasteiger partial charge on any atom is 0.338 e. The van der Waals surface area contributed by atoms with E-state index in [-0.39, 0.29) is 12.2 Å². The minimum Gasteiger partial charge on any atom is -0.497 e. The summed E-state index contributed by atoms with van der Waals surface area (Å²) in [5.74, 6) is 1.26. The Kier molecular flexibility index (Phi) is 7.65. The van der Waals surface area contributed by atoms with Crippen molar-refractivity contribution in [3.05, 3.63) is 83.0 Å². The summed E-state index contributed by atoms with van der Waals surface area (Å²) in [6, 6.07) is 10.1. The lowest BCUT2D eigenvalue weighted by atomic mass is 9.95. The summed E-state index contributed by atoms with van der Waals surface area (Å²) in [5.41, 5.74) is 1.93. The van der Waals surface area contributed by atoms with Crippen LogP contribution in [0.1, 0.15) is 31.0 Å². The topological polar surface area (TPSA) is 88.4 Å². The zero-order valence-corrected chi connectivity index (χ0v) is 22.9. The molecule has 8 nitrogen and oxygen atoms in total. The zero-order chi connectivity index (χ0) is 26.0. The van der Waals surface area contributed by atoms with E-state index in [4.69, 9.17) is 18.9 Å². The van der Waals surface area contributed by atoms with Crippen LogP contribution in [0.3, 0.4) is 0 Å². The number of rotatable bonds is 7. The normalized spacial score (nSPS) is 15.3. The molecule has 1 unspecified atom stereocenters. The van der Waals surface area contributed by atoms with Gasteiger partial charge in [0.2, 0.25) is 0 Å². The maximum atomic E-state index is 13.8. The molecule has 2 aromatic carbocycles. The Morgan fingerprint density at radius 3 is 2.56 bits per heavy atom. The van der Waals surface area contributed by atoms with E-state index in [0.717, 1.165) is 4.47 Å². The third kappa shape index (κ3) is 4.70. The first-order valence-electron chi connectivity index (χ1n) is 11.1. The van der Waals surface area contributed by atoms with E-state index in [1.54, 1.807) is 47.3 Å². The molecule has 2 heterocycles. The number of methoxy groups -OCH3 is 3. The Morgan fingerprint density at radius 1 is 1.14 bits per heavy atom. The van der Waals surface area contributed by atoms with Gasteiger partial charge in [0, 0.05) is 11.6 Å². The van der Waals surface area contributed by atoms with Crippen LogP contribution in [-0.2, 0) is 9.53 Å². The molecule has 1 aliphatic rings. The summed E-state index contributed by atoms with van der Waals surface area (Å²) in [5, 5.41) is 0. The van der Waals surface area contributed by atoms with E-state index in [9.17, 15) is 9.59 Å². The lowest BCUT2D eigenvalue weighted by molar-refractivity contribution is -0.139. The monoisotopic (exact) mass is 572 g/mol. The average Bonchev–Trinajstić information content (AvgIpc) is 3.17. The highest BCUT2D eigenvalue weighted by Crippen LogP contribution is 2.34. The Morgan fingerprint density at radius 2 is 1.89 bits per heavy atom. The molecule has 0 saturated carbocycles. The number of aromatic nitrogens is 1. The highest BCUT2D eigenvalue weighted by atomic mass is 79.9. The standard InChI is InChI=1S/C26H25BrN2O6S/c1-6-35-25(31)22-14(2)28-26-29(23(22)15-8-7-9-17(10-15)32-3)24(30)21(36-26)12-16-11-18(27)20(34-5)13-19(16)33-4/h7-13,23H,6H2,1-5H3/b21-12-. The highest BCUT2D eigenvalue weighted by Gasteiger charge is 2.33. The highest BCUT2D eigenvalue weighted by molar-refractivity contribution is 9.10. The second-order valence-corrected chi connectivity index (χ2v) is 9.67. The number of esters is 1. The van der Waals surface area contributed by atoms with Crippen LogP contribution in [0.25, 0.3) is 6.08 Å². The molecular weight excluding hydrogens is 548 g/mol. The summed E-state index contributed by atoms with van der Waals surface area (Å²) in [7, 11) is 4.69. The van der Waals surface area contributed by atoms with Crippen molar-refractivity contribution in [1.29, 1.82) is 0 Å². The molecule has 36 heavy (non-hydrogen) atoms. The van der Waals surface area contributed by atoms with Crippen molar-refractivity contribution in [2.75, 3.05) is 27.9 Å². The van der Waals surface area contributed by atoms with Crippen LogP contribution >= 0.6 is 27.3 Å². The van der Waals surface area contributed by atoms with Crippen LogP contribution in [0.15, 0.2) is 61.9 Å². The second-order valence-electron chi connectivity index (χ2n) is 7.81. The lowest BCUT2D eigenvalue weighted by Crippen LogP contribution is -2.39. The largest absolute Gasteiger partial charge is 0.497 e. The van der Waals surface area contributed by atoms with Gasteiger partial charge in [0.25, 0.3) is 5.56 Å². The molecule has 0 spiro atoms. The summed E-state index contributed by atoms with van der Waals surface area (Å²) in [6.07, 6.45) is 1.75. The van der Waals surface area contributed by atoms with Crippen LogP contribution in [0.4, 0.5) is 0 Å². The van der Waals surface area contributed by atoms with E-state index in [1.807, 2.05) is 30.3 Å². The number of thiazole rings is 1. The number of hydrogen-bond acceptors (Lipinski definition) is 8. The molecule has 0 radical (unpaired) electrons. The molecule has 3 aromatic rings.